The highest BCUT2D eigenvalue weighted by atomic mass is 35.5. The fourth-order valence-electron chi connectivity index (χ4n) is 3.76. The molecule has 0 aliphatic carbocycles. The van der Waals surface area contributed by atoms with Crippen LogP contribution in [0.4, 0.5) is 5.69 Å². The van der Waals surface area contributed by atoms with Gasteiger partial charge in [0.15, 0.2) is 10.7 Å². The van der Waals surface area contributed by atoms with E-state index in [1.165, 1.54) is 11.8 Å². The molecule has 0 radical (unpaired) electrons. The summed E-state index contributed by atoms with van der Waals surface area (Å²) in [6.45, 7) is 6.64. The Bertz CT molecular complexity index is 1410. The van der Waals surface area contributed by atoms with E-state index in [4.69, 9.17) is 16.6 Å². The molecule has 7 nitrogen and oxygen atoms in total. The molecule has 0 unspecified atom stereocenters. The van der Waals surface area contributed by atoms with Gasteiger partial charge in [0.25, 0.3) is 5.56 Å². The summed E-state index contributed by atoms with van der Waals surface area (Å²) < 4.78 is 3.25. The summed E-state index contributed by atoms with van der Waals surface area (Å²) in [5.41, 5.74) is 4.19. The summed E-state index contributed by atoms with van der Waals surface area (Å²) in [5.74, 6) is -0.0597. The average molecular weight is 496 g/mol. The summed E-state index contributed by atoms with van der Waals surface area (Å²) in [6, 6.07) is 15.2. The van der Waals surface area contributed by atoms with Crippen LogP contribution in [-0.2, 0) is 24.3 Å². The van der Waals surface area contributed by atoms with E-state index in [1.807, 2.05) is 56.3 Å². The van der Waals surface area contributed by atoms with Gasteiger partial charge in [-0.1, -0.05) is 60.6 Å². The number of rotatable bonds is 8. The Morgan fingerprint density at radius 3 is 2.68 bits per heavy atom. The quantitative estimate of drug-likeness (QED) is 0.277. The highest BCUT2D eigenvalue weighted by Gasteiger charge is 2.19. The lowest BCUT2D eigenvalue weighted by Gasteiger charge is -2.14. The van der Waals surface area contributed by atoms with E-state index in [-0.39, 0.29) is 23.8 Å². The topological polar surface area (TPSA) is 81.8 Å². The van der Waals surface area contributed by atoms with Crippen molar-refractivity contribution in [3.8, 4) is 0 Å². The van der Waals surface area contributed by atoms with Crippen molar-refractivity contribution < 1.29 is 4.79 Å². The lowest BCUT2D eigenvalue weighted by atomic mass is 10.1. The van der Waals surface area contributed by atoms with Crippen LogP contribution in [-0.4, -0.2) is 31.0 Å². The number of carbonyl (C=O) groups excluding carboxylic acids is 1. The zero-order valence-corrected chi connectivity index (χ0v) is 20.9. The van der Waals surface area contributed by atoms with Gasteiger partial charge < -0.3 is 5.32 Å². The molecule has 4 aromatic rings. The molecule has 2 heterocycles. The fourth-order valence-corrected chi connectivity index (χ4v) is 4.75. The molecule has 4 rings (SSSR count). The van der Waals surface area contributed by atoms with Crippen LogP contribution in [0.3, 0.4) is 0 Å². The third-order valence-corrected chi connectivity index (χ3v) is 6.86. The molecule has 2 aromatic heterocycles. The Morgan fingerprint density at radius 1 is 1.15 bits per heavy atom. The minimum absolute atomic E-state index is 0.109. The molecule has 0 aliphatic rings. The Hall–Kier alpha value is -3.10. The molecular formula is C25H26ClN5O2S. The van der Waals surface area contributed by atoms with Crippen LogP contribution in [0.15, 0.2) is 58.5 Å². The Labute approximate surface area is 207 Å². The van der Waals surface area contributed by atoms with Crippen molar-refractivity contribution >= 4 is 46.0 Å². The van der Waals surface area contributed by atoms with E-state index in [0.717, 1.165) is 23.2 Å². The summed E-state index contributed by atoms with van der Waals surface area (Å²) in [6.07, 6.45) is 0.890. The molecule has 0 aliphatic heterocycles. The number of benzene rings is 2. The fraction of sp³-hybridized carbons (Fsp3) is 0.280. The summed E-state index contributed by atoms with van der Waals surface area (Å²) in [7, 11) is 0. The number of hydrogen-bond donors (Lipinski definition) is 1. The lowest BCUT2D eigenvalue weighted by molar-refractivity contribution is -0.113. The van der Waals surface area contributed by atoms with Crippen molar-refractivity contribution in [2.75, 3.05) is 11.1 Å². The molecule has 0 spiro atoms. The first-order valence-corrected chi connectivity index (χ1v) is 12.5. The number of amides is 1. The minimum atomic E-state index is -0.203. The molecular weight excluding hydrogens is 470 g/mol. The van der Waals surface area contributed by atoms with Crippen molar-refractivity contribution in [1.29, 1.82) is 0 Å². The van der Waals surface area contributed by atoms with Gasteiger partial charge in [0.2, 0.25) is 5.91 Å². The normalized spacial score (nSPS) is 11.2. The van der Waals surface area contributed by atoms with Crippen LogP contribution in [0.1, 0.15) is 30.7 Å². The third kappa shape index (κ3) is 5.03. The molecule has 0 fully saturated rings. The zero-order valence-electron chi connectivity index (χ0n) is 19.3. The number of aryl methyl sites for hydroxylation is 3. The van der Waals surface area contributed by atoms with Gasteiger partial charge in [0.05, 0.1) is 18.0 Å². The number of nitrogens with zero attached hydrogens (tertiary/aromatic N) is 4. The van der Waals surface area contributed by atoms with E-state index in [9.17, 15) is 9.59 Å². The minimum Gasteiger partial charge on any atom is -0.325 e. The summed E-state index contributed by atoms with van der Waals surface area (Å²) in [4.78, 5) is 31.0. The van der Waals surface area contributed by atoms with Crippen LogP contribution in [0.2, 0.25) is 5.02 Å². The van der Waals surface area contributed by atoms with Gasteiger partial charge in [0, 0.05) is 17.3 Å². The second-order valence-corrected chi connectivity index (χ2v) is 9.22. The number of halogens is 1. The Kier molecular flexibility index (Phi) is 7.38. The maximum atomic E-state index is 13.6. The Morgan fingerprint density at radius 2 is 1.94 bits per heavy atom. The summed E-state index contributed by atoms with van der Waals surface area (Å²) >= 11 is 7.60. The number of aromatic nitrogens is 4. The highest BCUT2D eigenvalue weighted by molar-refractivity contribution is 7.99. The molecule has 1 amide bonds. The smallest absolute Gasteiger partial charge is 0.280 e. The average Bonchev–Trinajstić information content (AvgIpc) is 3.16. The van der Waals surface area contributed by atoms with Crippen molar-refractivity contribution in [1.82, 2.24) is 19.3 Å². The molecule has 0 saturated heterocycles. The number of anilines is 1. The van der Waals surface area contributed by atoms with Gasteiger partial charge in [-0.2, -0.15) is 5.10 Å². The van der Waals surface area contributed by atoms with E-state index < -0.39 is 0 Å². The van der Waals surface area contributed by atoms with Gasteiger partial charge in [-0.25, -0.2) is 4.98 Å². The van der Waals surface area contributed by atoms with E-state index >= 15 is 0 Å². The van der Waals surface area contributed by atoms with Crippen molar-refractivity contribution in [2.45, 2.75) is 45.4 Å². The van der Waals surface area contributed by atoms with Gasteiger partial charge >= 0.3 is 0 Å². The number of hydrogen-bond acceptors (Lipinski definition) is 5. The number of carbonyl (C=O) groups is 1. The first kappa shape index (κ1) is 24.0. The van der Waals surface area contributed by atoms with Crippen molar-refractivity contribution in [3.05, 3.63) is 80.7 Å². The molecule has 0 saturated carbocycles. The predicted octanol–water partition coefficient (Wildman–Crippen LogP) is 4.92. The maximum Gasteiger partial charge on any atom is 0.280 e. The van der Waals surface area contributed by atoms with Gasteiger partial charge in [-0.15, -0.1) is 0 Å². The SMILES string of the molecule is CCc1cccc(NC(=O)CSc2nc3c(C)nn(CC)c3c(=O)n2Cc2ccccc2Cl)c1. The lowest BCUT2D eigenvalue weighted by Crippen LogP contribution is -2.26. The van der Waals surface area contributed by atoms with Gasteiger partial charge in [-0.3, -0.25) is 18.8 Å². The molecule has 2 aromatic carbocycles. The second kappa shape index (κ2) is 10.4. The zero-order chi connectivity index (χ0) is 24.2. The van der Waals surface area contributed by atoms with Crippen LogP contribution < -0.4 is 10.9 Å². The van der Waals surface area contributed by atoms with E-state index in [0.29, 0.717) is 33.5 Å². The standard InChI is InChI=1S/C25H26ClN5O2S/c1-4-17-9-8-11-19(13-17)27-21(32)15-34-25-28-22-16(3)29-31(5-2)23(22)24(33)30(25)14-18-10-6-7-12-20(18)26/h6-13H,4-5,14-15H2,1-3H3,(H,27,32). The Balaban J connectivity index is 1.67. The third-order valence-electron chi connectivity index (χ3n) is 5.52. The van der Waals surface area contributed by atoms with E-state index in [1.54, 1.807) is 15.3 Å². The van der Waals surface area contributed by atoms with Crippen LogP contribution >= 0.6 is 23.4 Å². The van der Waals surface area contributed by atoms with E-state index in [2.05, 4.69) is 17.3 Å². The monoisotopic (exact) mass is 495 g/mol. The van der Waals surface area contributed by atoms with Crippen LogP contribution in [0, 0.1) is 6.92 Å². The first-order valence-electron chi connectivity index (χ1n) is 11.1. The molecule has 1 N–H and O–H groups in total. The molecule has 0 bridgehead atoms. The van der Waals surface area contributed by atoms with Crippen LogP contribution in [0.25, 0.3) is 11.0 Å². The van der Waals surface area contributed by atoms with Gasteiger partial charge in [0.1, 0.15) is 5.52 Å². The van der Waals surface area contributed by atoms with Crippen molar-refractivity contribution in [2.24, 2.45) is 0 Å². The number of thioether (sulfide) groups is 1. The van der Waals surface area contributed by atoms with Gasteiger partial charge in [-0.05, 0) is 49.6 Å². The first-order chi connectivity index (χ1) is 16.4. The van der Waals surface area contributed by atoms with Crippen LogP contribution in [0.5, 0.6) is 0 Å². The molecule has 34 heavy (non-hydrogen) atoms. The largest absolute Gasteiger partial charge is 0.325 e. The van der Waals surface area contributed by atoms with Crippen molar-refractivity contribution in [3.63, 3.8) is 0 Å². The molecule has 176 valence electrons. The molecule has 9 heteroatoms. The summed E-state index contributed by atoms with van der Waals surface area (Å²) in [5, 5.41) is 8.42. The molecule has 0 atom stereocenters. The maximum absolute atomic E-state index is 13.6. The second-order valence-electron chi connectivity index (χ2n) is 7.87. The number of nitrogens with one attached hydrogen (secondary N) is 1. The number of fused-ring (bicyclic) bond motifs is 1. The predicted molar refractivity (Wildman–Crippen MR) is 138 cm³/mol. The highest BCUT2D eigenvalue weighted by Crippen LogP contribution is 2.23.